The molecule has 0 radical (unpaired) electrons. The van der Waals surface area contributed by atoms with Crippen LogP contribution >= 0.6 is 23.2 Å². The minimum absolute atomic E-state index is 0.0661. The Morgan fingerprint density at radius 1 is 0.974 bits per heavy atom. The number of hydrogen-bond acceptors (Lipinski definition) is 6. The molecule has 39 heavy (non-hydrogen) atoms. The minimum Gasteiger partial charge on any atom is -0.480 e. The van der Waals surface area contributed by atoms with Crippen LogP contribution in [-0.2, 0) is 16.0 Å². The molecule has 3 aromatic rings. The molecule has 200 valence electrons. The van der Waals surface area contributed by atoms with Crippen LogP contribution < -0.4 is 10.6 Å². The Kier molecular flexibility index (Phi) is 7.68. The quantitative estimate of drug-likeness (QED) is 0.327. The number of nitrogens with zero attached hydrogens (tertiary/aromatic N) is 2. The molecular weight excluding hydrogens is 539 g/mol. The highest BCUT2D eigenvalue weighted by atomic mass is 35.5. The van der Waals surface area contributed by atoms with E-state index in [0.717, 1.165) is 24.8 Å². The van der Waals surface area contributed by atoms with Crippen LogP contribution in [0.15, 0.2) is 66.9 Å². The fraction of sp³-hybridized carbons (Fsp3) is 0.276. The predicted molar refractivity (Wildman–Crippen MR) is 149 cm³/mol. The summed E-state index contributed by atoms with van der Waals surface area (Å²) in [6.07, 6.45) is 10.5. The molecule has 0 bridgehead atoms. The van der Waals surface area contributed by atoms with Crippen LogP contribution in [-0.4, -0.2) is 38.8 Å². The van der Waals surface area contributed by atoms with Crippen LogP contribution in [0.1, 0.15) is 53.6 Å². The number of rotatable bonds is 8. The Morgan fingerprint density at radius 2 is 1.67 bits per heavy atom. The first-order valence-corrected chi connectivity index (χ1v) is 13.4. The molecule has 2 aromatic heterocycles. The molecule has 0 aliphatic heterocycles. The fourth-order valence-electron chi connectivity index (χ4n) is 5.43. The molecule has 5 rings (SSSR count). The zero-order chi connectivity index (χ0) is 27.6. The molecular formula is C29H26Cl2N4O4. The average molecular weight is 565 g/mol. The van der Waals surface area contributed by atoms with Gasteiger partial charge in [0, 0.05) is 53.7 Å². The van der Waals surface area contributed by atoms with Crippen molar-refractivity contribution in [2.24, 2.45) is 5.41 Å². The highest BCUT2D eigenvalue weighted by Gasteiger charge is 2.54. The largest absolute Gasteiger partial charge is 0.480 e. The van der Waals surface area contributed by atoms with Crippen molar-refractivity contribution in [1.82, 2.24) is 15.3 Å². The van der Waals surface area contributed by atoms with E-state index < -0.39 is 23.3 Å². The van der Waals surface area contributed by atoms with Crippen LogP contribution in [0.2, 0.25) is 10.0 Å². The molecule has 1 atom stereocenters. The molecule has 0 unspecified atom stereocenters. The van der Waals surface area contributed by atoms with Crippen molar-refractivity contribution in [3.05, 3.63) is 93.6 Å². The van der Waals surface area contributed by atoms with Crippen molar-refractivity contribution in [2.45, 2.75) is 44.6 Å². The van der Waals surface area contributed by atoms with Crippen LogP contribution in [0.25, 0.3) is 5.57 Å². The molecule has 1 spiro atoms. The molecule has 3 N–H and O–H groups in total. The van der Waals surface area contributed by atoms with Crippen LogP contribution in [0.5, 0.6) is 0 Å². The van der Waals surface area contributed by atoms with Crippen LogP contribution in [0.4, 0.5) is 5.69 Å². The SMILES string of the molecule is O=C(Nc1ccc(C[C@H](NC2=C(c3cccnc3)C(=O)C23CCCCC3)C(=O)O)cc1)c1c(Cl)cncc1Cl. The predicted octanol–water partition coefficient (Wildman–Crippen LogP) is 5.57. The van der Waals surface area contributed by atoms with Crippen molar-refractivity contribution in [3.63, 3.8) is 0 Å². The van der Waals surface area contributed by atoms with E-state index >= 15 is 0 Å². The third-order valence-electron chi connectivity index (χ3n) is 7.40. The van der Waals surface area contributed by atoms with Crippen LogP contribution in [0.3, 0.4) is 0 Å². The number of ketones is 1. The second-order valence-electron chi connectivity index (χ2n) is 9.83. The lowest BCUT2D eigenvalue weighted by Crippen LogP contribution is -2.53. The maximum atomic E-state index is 13.4. The first kappa shape index (κ1) is 26.8. The van der Waals surface area contributed by atoms with Gasteiger partial charge in [-0.3, -0.25) is 19.6 Å². The first-order chi connectivity index (χ1) is 18.8. The van der Waals surface area contributed by atoms with E-state index in [-0.39, 0.29) is 27.8 Å². The molecule has 2 heterocycles. The summed E-state index contributed by atoms with van der Waals surface area (Å²) in [6, 6.07) is 9.52. The van der Waals surface area contributed by atoms with Gasteiger partial charge in [-0.15, -0.1) is 0 Å². The van der Waals surface area contributed by atoms with Gasteiger partial charge in [0.05, 0.1) is 21.0 Å². The number of benzene rings is 1. The van der Waals surface area contributed by atoms with Gasteiger partial charge in [0.1, 0.15) is 6.04 Å². The Morgan fingerprint density at radius 3 is 2.28 bits per heavy atom. The lowest BCUT2D eigenvalue weighted by Gasteiger charge is -2.47. The van der Waals surface area contributed by atoms with Crippen molar-refractivity contribution in [3.8, 4) is 0 Å². The summed E-state index contributed by atoms with van der Waals surface area (Å²) in [5.41, 5.74) is 2.66. The highest BCUT2D eigenvalue weighted by molar-refractivity contribution is 6.40. The van der Waals surface area contributed by atoms with Gasteiger partial charge in [-0.1, -0.05) is 60.7 Å². The molecule has 2 aliphatic rings. The molecule has 8 nitrogen and oxygen atoms in total. The standard InChI is InChI=1S/C29H26Cl2N4O4/c30-20-15-33-16-21(31)24(20)27(37)34-19-8-6-17(7-9-19)13-22(28(38)39)35-25-23(18-5-4-12-32-14-18)26(36)29(25)10-2-1-3-11-29/h4-9,12,14-16,22,35H,1-3,10-11,13H2,(H,34,37)(H,38,39)/t22-/m0/s1. The van der Waals surface area contributed by atoms with E-state index in [9.17, 15) is 19.5 Å². The Hall–Kier alpha value is -3.75. The van der Waals surface area contributed by atoms with E-state index in [1.54, 1.807) is 42.7 Å². The number of Topliss-reactive ketones (excluding diaryl/α,β-unsaturated/α-hetero) is 1. The molecule has 1 amide bonds. The molecule has 2 aliphatic carbocycles. The molecule has 1 fully saturated rings. The van der Waals surface area contributed by atoms with Gasteiger partial charge in [-0.2, -0.15) is 0 Å². The summed E-state index contributed by atoms with van der Waals surface area (Å²) in [4.78, 5) is 46.4. The molecule has 0 saturated heterocycles. The maximum absolute atomic E-state index is 13.4. The zero-order valence-electron chi connectivity index (χ0n) is 20.9. The second kappa shape index (κ2) is 11.2. The van der Waals surface area contributed by atoms with Crippen molar-refractivity contribution >= 4 is 52.1 Å². The summed E-state index contributed by atoms with van der Waals surface area (Å²) in [5, 5.41) is 16.4. The minimum atomic E-state index is -1.02. The zero-order valence-corrected chi connectivity index (χ0v) is 22.4. The first-order valence-electron chi connectivity index (χ1n) is 12.7. The van der Waals surface area contributed by atoms with Crippen LogP contribution in [0, 0.1) is 5.41 Å². The number of aromatic nitrogens is 2. The number of carboxylic acid groups (broad SMARTS) is 1. The lowest BCUT2D eigenvalue weighted by molar-refractivity contribution is -0.140. The van der Waals surface area contributed by atoms with Gasteiger partial charge in [-0.25, -0.2) is 4.79 Å². The van der Waals surface area contributed by atoms with Crippen molar-refractivity contribution in [1.29, 1.82) is 0 Å². The number of nitrogens with one attached hydrogen (secondary N) is 2. The van der Waals surface area contributed by atoms with E-state index in [0.29, 0.717) is 35.4 Å². The number of amides is 1. The van der Waals surface area contributed by atoms with Gasteiger partial charge >= 0.3 is 5.97 Å². The highest BCUT2D eigenvalue weighted by Crippen LogP contribution is 2.54. The summed E-state index contributed by atoms with van der Waals surface area (Å²) < 4.78 is 0. The van der Waals surface area contributed by atoms with Gasteiger partial charge in [0.15, 0.2) is 5.78 Å². The topological polar surface area (TPSA) is 121 Å². The smallest absolute Gasteiger partial charge is 0.326 e. The van der Waals surface area contributed by atoms with E-state index in [1.807, 2.05) is 6.07 Å². The number of carbonyl (C=O) groups is 3. The normalized spacial score (nSPS) is 16.9. The number of carboxylic acids is 1. The molecule has 1 aromatic carbocycles. The number of allylic oxidation sites excluding steroid dienone is 2. The summed E-state index contributed by atoms with van der Waals surface area (Å²) in [7, 11) is 0. The molecule has 10 heteroatoms. The van der Waals surface area contributed by atoms with Gasteiger partial charge < -0.3 is 15.7 Å². The van der Waals surface area contributed by atoms with Gasteiger partial charge in [0.2, 0.25) is 0 Å². The molecule has 1 saturated carbocycles. The Balaban J connectivity index is 1.35. The summed E-state index contributed by atoms with van der Waals surface area (Å²) >= 11 is 12.1. The van der Waals surface area contributed by atoms with Gasteiger partial charge in [0.25, 0.3) is 5.91 Å². The number of halogens is 2. The van der Waals surface area contributed by atoms with Crippen molar-refractivity contribution in [2.75, 3.05) is 5.32 Å². The second-order valence-corrected chi connectivity index (χ2v) is 10.6. The average Bonchev–Trinajstić information content (AvgIpc) is 2.94. The number of hydrogen-bond donors (Lipinski definition) is 3. The summed E-state index contributed by atoms with van der Waals surface area (Å²) in [6.45, 7) is 0. The number of carbonyl (C=O) groups excluding carboxylic acids is 2. The lowest BCUT2D eigenvalue weighted by atomic mass is 9.57. The third kappa shape index (κ3) is 5.27. The maximum Gasteiger partial charge on any atom is 0.326 e. The third-order valence-corrected chi connectivity index (χ3v) is 7.97. The monoisotopic (exact) mass is 564 g/mol. The number of pyridine rings is 2. The van der Waals surface area contributed by atoms with E-state index in [1.165, 1.54) is 12.4 Å². The Bertz CT molecular complexity index is 1430. The summed E-state index contributed by atoms with van der Waals surface area (Å²) in [5.74, 6) is -1.43. The van der Waals surface area contributed by atoms with E-state index in [4.69, 9.17) is 23.2 Å². The van der Waals surface area contributed by atoms with E-state index in [2.05, 4.69) is 20.6 Å². The number of anilines is 1. The fourth-order valence-corrected chi connectivity index (χ4v) is 5.96. The van der Waals surface area contributed by atoms with Gasteiger partial charge in [-0.05, 0) is 36.6 Å². The van der Waals surface area contributed by atoms with Crippen molar-refractivity contribution < 1.29 is 19.5 Å². The number of aliphatic carboxylic acids is 1. The Labute approximate surface area is 235 Å².